The number of halogens is 2. The number of ketones is 1. The Morgan fingerprint density at radius 2 is 1.75 bits per heavy atom. The first-order chi connectivity index (χ1) is 11.5. The molecular formula is C20H16Cl2O2. The van der Waals surface area contributed by atoms with Crippen LogP contribution in [0, 0.1) is 0 Å². The van der Waals surface area contributed by atoms with E-state index in [1.807, 2.05) is 18.2 Å². The minimum Gasteiger partial charge on any atom is -0.512 e. The quantitative estimate of drug-likeness (QED) is 0.712. The normalized spacial score (nSPS) is 17.7. The van der Waals surface area contributed by atoms with Gasteiger partial charge in [0, 0.05) is 28.5 Å². The van der Waals surface area contributed by atoms with Crippen LogP contribution < -0.4 is 0 Å². The molecule has 1 N–H and O–H groups in total. The first kappa shape index (κ1) is 15.7. The highest BCUT2D eigenvalue weighted by Crippen LogP contribution is 2.46. The van der Waals surface area contributed by atoms with Crippen LogP contribution in [0.2, 0.25) is 10.0 Å². The third-order valence-electron chi connectivity index (χ3n) is 4.74. The predicted octanol–water partition coefficient (Wildman–Crippen LogP) is 6.17. The van der Waals surface area contributed by atoms with Crippen LogP contribution in [0.15, 0.2) is 42.2 Å². The molecule has 0 bridgehead atoms. The molecule has 0 aliphatic heterocycles. The maximum atomic E-state index is 12.3. The number of hydrogen-bond donors (Lipinski definition) is 1. The highest BCUT2D eigenvalue weighted by atomic mass is 35.5. The van der Waals surface area contributed by atoms with Gasteiger partial charge in [-0.05, 0) is 53.6 Å². The van der Waals surface area contributed by atoms with Crippen LogP contribution in [0.4, 0.5) is 0 Å². The topological polar surface area (TPSA) is 37.3 Å². The number of aliphatic hydroxyl groups excluding tert-OH is 1. The molecule has 4 rings (SSSR count). The number of hydrogen-bond acceptors (Lipinski definition) is 2. The van der Waals surface area contributed by atoms with Crippen molar-refractivity contribution in [3.63, 3.8) is 0 Å². The lowest BCUT2D eigenvalue weighted by atomic mass is 9.91. The summed E-state index contributed by atoms with van der Waals surface area (Å²) in [6.45, 7) is 0. The zero-order chi connectivity index (χ0) is 16.8. The molecule has 0 atom stereocenters. The van der Waals surface area contributed by atoms with Gasteiger partial charge in [0.1, 0.15) is 5.76 Å². The summed E-state index contributed by atoms with van der Waals surface area (Å²) in [7, 11) is 0. The molecule has 2 aromatic carbocycles. The number of Topliss-reactive ketones (excluding diaryl/α,β-unsaturated/α-hetero) is 1. The van der Waals surface area contributed by atoms with E-state index < -0.39 is 0 Å². The summed E-state index contributed by atoms with van der Waals surface area (Å²) >= 11 is 12.3. The fourth-order valence-electron chi connectivity index (χ4n) is 3.36. The molecule has 2 aromatic rings. The van der Waals surface area contributed by atoms with Crippen LogP contribution in [0.5, 0.6) is 0 Å². The van der Waals surface area contributed by atoms with Gasteiger partial charge in [0.05, 0.1) is 5.57 Å². The Bertz CT molecular complexity index is 879. The average Bonchev–Trinajstić information content (AvgIpc) is 3.33. The third-order valence-corrected chi connectivity index (χ3v) is 5.29. The van der Waals surface area contributed by atoms with E-state index >= 15 is 0 Å². The van der Waals surface area contributed by atoms with Crippen LogP contribution in [0.25, 0.3) is 16.7 Å². The van der Waals surface area contributed by atoms with Crippen molar-refractivity contribution in [3.8, 4) is 11.1 Å². The SMILES string of the molecule is O=C1CCC(O)=C1c1cc(-c2ccc(Cl)cc2Cl)ccc1C1CC1. The highest BCUT2D eigenvalue weighted by Gasteiger charge is 2.32. The lowest BCUT2D eigenvalue weighted by molar-refractivity contribution is -0.113. The summed E-state index contributed by atoms with van der Waals surface area (Å²) in [5.74, 6) is 0.721. The summed E-state index contributed by atoms with van der Waals surface area (Å²) in [4.78, 5) is 12.3. The number of benzene rings is 2. The van der Waals surface area contributed by atoms with Crippen molar-refractivity contribution in [1.29, 1.82) is 0 Å². The lowest BCUT2D eigenvalue weighted by Crippen LogP contribution is -2.01. The second-order valence-electron chi connectivity index (χ2n) is 6.45. The van der Waals surface area contributed by atoms with E-state index in [2.05, 4.69) is 6.07 Å². The van der Waals surface area contributed by atoms with Gasteiger partial charge in [0.25, 0.3) is 0 Å². The molecule has 2 nitrogen and oxygen atoms in total. The van der Waals surface area contributed by atoms with Gasteiger partial charge in [-0.1, -0.05) is 41.4 Å². The zero-order valence-electron chi connectivity index (χ0n) is 13.0. The largest absolute Gasteiger partial charge is 0.512 e. The minimum atomic E-state index is 0.0220. The molecule has 2 aliphatic carbocycles. The number of carbonyl (C=O) groups is 1. The van der Waals surface area contributed by atoms with E-state index in [0.717, 1.165) is 35.1 Å². The van der Waals surface area contributed by atoms with Gasteiger partial charge in [0.15, 0.2) is 5.78 Å². The Labute approximate surface area is 150 Å². The van der Waals surface area contributed by atoms with Crippen molar-refractivity contribution in [2.24, 2.45) is 0 Å². The standard InChI is InChI=1S/C20H16Cl2O2/c21-13-4-6-15(17(22)10-13)12-3-5-14(11-1-2-11)16(9-12)20-18(23)7-8-19(20)24/h3-6,9-11,23H,1-2,7-8H2. The maximum absolute atomic E-state index is 12.3. The number of rotatable bonds is 3. The van der Waals surface area contributed by atoms with Crippen molar-refractivity contribution in [2.75, 3.05) is 0 Å². The van der Waals surface area contributed by atoms with Gasteiger partial charge in [0.2, 0.25) is 0 Å². The number of allylic oxidation sites excluding steroid dienone is 2. The van der Waals surface area contributed by atoms with Crippen molar-refractivity contribution in [2.45, 2.75) is 31.6 Å². The van der Waals surface area contributed by atoms with E-state index in [-0.39, 0.29) is 11.5 Å². The Morgan fingerprint density at radius 3 is 2.38 bits per heavy atom. The first-order valence-corrected chi connectivity index (χ1v) is 8.85. The van der Waals surface area contributed by atoms with Crippen LogP contribution >= 0.6 is 23.2 Å². The van der Waals surface area contributed by atoms with E-state index in [1.54, 1.807) is 12.1 Å². The molecule has 0 aromatic heterocycles. The molecule has 0 saturated heterocycles. The Kier molecular flexibility index (Phi) is 3.90. The van der Waals surface area contributed by atoms with Crippen molar-refractivity contribution in [3.05, 3.63) is 63.3 Å². The van der Waals surface area contributed by atoms with Crippen LogP contribution in [-0.2, 0) is 4.79 Å². The minimum absolute atomic E-state index is 0.0220. The molecule has 0 amide bonds. The number of aliphatic hydroxyl groups is 1. The fourth-order valence-corrected chi connectivity index (χ4v) is 3.88. The molecule has 0 unspecified atom stereocenters. The summed E-state index contributed by atoms with van der Waals surface area (Å²) in [5, 5.41) is 11.4. The van der Waals surface area contributed by atoms with Crippen molar-refractivity contribution >= 4 is 34.6 Å². The smallest absolute Gasteiger partial charge is 0.167 e. The Morgan fingerprint density at radius 1 is 0.958 bits per heavy atom. The zero-order valence-corrected chi connectivity index (χ0v) is 14.5. The number of carbonyl (C=O) groups excluding carboxylic acids is 1. The summed E-state index contributed by atoms with van der Waals surface area (Å²) in [5.41, 5.74) is 4.30. The van der Waals surface area contributed by atoms with Crippen LogP contribution in [0.3, 0.4) is 0 Å². The third kappa shape index (κ3) is 2.74. The van der Waals surface area contributed by atoms with Crippen LogP contribution in [-0.4, -0.2) is 10.9 Å². The van der Waals surface area contributed by atoms with E-state index in [4.69, 9.17) is 23.2 Å². The molecule has 1 fully saturated rings. The van der Waals surface area contributed by atoms with Gasteiger partial charge in [-0.2, -0.15) is 0 Å². The second-order valence-corrected chi connectivity index (χ2v) is 7.29. The predicted molar refractivity (Wildman–Crippen MR) is 97.7 cm³/mol. The fraction of sp³-hybridized carbons (Fsp3) is 0.250. The van der Waals surface area contributed by atoms with Gasteiger partial charge in [-0.3, -0.25) is 4.79 Å². The summed E-state index contributed by atoms with van der Waals surface area (Å²) < 4.78 is 0. The van der Waals surface area contributed by atoms with Crippen molar-refractivity contribution in [1.82, 2.24) is 0 Å². The Hall–Kier alpha value is -1.77. The molecule has 2 aliphatic rings. The van der Waals surface area contributed by atoms with Gasteiger partial charge < -0.3 is 5.11 Å². The summed E-state index contributed by atoms with van der Waals surface area (Å²) in [6.07, 6.45) is 3.09. The van der Waals surface area contributed by atoms with Gasteiger partial charge in [-0.25, -0.2) is 0 Å². The Balaban J connectivity index is 1.88. The van der Waals surface area contributed by atoms with Gasteiger partial charge in [-0.15, -0.1) is 0 Å². The first-order valence-electron chi connectivity index (χ1n) is 8.09. The molecular weight excluding hydrogens is 343 g/mol. The van der Waals surface area contributed by atoms with E-state index in [1.165, 1.54) is 0 Å². The lowest BCUT2D eigenvalue weighted by Gasteiger charge is -2.13. The van der Waals surface area contributed by atoms with E-state index in [9.17, 15) is 9.90 Å². The van der Waals surface area contributed by atoms with Gasteiger partial charge >= 0.3 is 0 Å². The monoisotopic (exact) mass is 358 g/mol. The molecule has 0 radical (unpaired) electrons. The van der Waals surface area contributed by atoms with E-state index in [0.29, 0.717) is 34.4 Å². The molecule has 4 heteroatoms. The van der Waals surface area contributed by atoms with Crippen molar-refractivity contribution < 1.29 is 9.90 Å². The molecule has 24 heavy (non-hydrogen) atoms. The molecule has 0 spiro atoms. The molecule has 0 heterocycles. The highest BCUT2D eigenvalue weighted by molar-refractivity contribution is 6.36. The molecule has 122 valence electrons. The average molecular weight is 359 g/mol. The molecule has 1 saturated carbocycles. The second kappa shape index (κ2) is 5.94. The maximum Gasteiger partial charge on any atom is 0.167 e. The van der Waals surface area contributed by atoms with Crippen LogP contribution in [0.1, 0.15) is 42.7 Å². The summed E-state index contributed by atoms with van der Waals surface area (Å²) in [6, 6.07) is 11.5.